The van der Waals surface area contributed by atoms with Crippen LogP contribution in [-0.4, -0.2) is 11.1 Å². The Kier molecular flexibility index (Phi) is 3.38. The largest absolute Gasteiger partial charge is 0.478 e. The van der Waals surface area contributed by atoms with E-state index in [1.54, 1.807) is 26.0 Å². The number of aromatic carboxylic acids is 1. The molecule has 0 saturated carbocycles. The highest BCUT2D eigenvalue weighted by Crippen LogP contribution is 2.31. The minimum absolute atomic E-state index is 0.248. The highest BCUT2D eigenvalue weighted by Gasteiger charge is 2.16. The molecule has 0 radical (unpaired) electrons. The Hall–Kier alpha value is -2.16. The second-order valence-electron chi connectivity index (χ2n) is 4.77. The molecule has 0 amide bonds. The van der Waals surface area contributed by atoms with Crippen LogP contribution < -0.4 is 0 Å². The Labute approximate surface area is 111 Å². The first-order valence-electron chi connectivity index (χ1n) is 6.01. The fourth-order valence-corrected chi connectivity index (χ4v) is 2.39. The van der Waals surface area contributed by atoms with Crippen molar-refractivity contribution in [3.8, 4) is 11.1 Å². The van der Waals surface area contributed by atoms with Crippen LogP contribution >= 0.6 is 0 Å². The van der Waals surface area contributed by atoms with Gasteiger partial charge in [-0.05, 0) is 61.2 Å². The molecule has 0 saturated heterocycles. The normalized spacial score (nSPS) is 10.5. The van der Waals surface area contributed by atoms with E-state index in [1.807, 2.05) is 13.0 Å². The molecule has 0 aliphatic rings. The van der Waals surface area contributed by atoms with Crippen molar-refractivity contribution in [3.05, 3.63) is 58.4 Å². The summed E-state index contributed by atoms with van der Waals surface area (Å²) in [5.74, 6) is -1.27. The topological polar surface area (TPSA) is 37.3 Å². The monoisotopic (exact) mass is 258 g/mol. The summed E-state index contributed by atoms with van der Waals surface area (Å²) < 4.78 is 13.3. The maximum absolute atomic E-state index is 13.3. The standard InChI is InChI=1S/C16H15FO2/c1-9-4-5-13(14(6-9)16(18)19)15-10(2)7-12(17)8-11(15)3/h4-8H,1-3H3,(H,18,19). The molecule has 2 nitrogen and oxygen atoms in total. The molecule has 0 spiro atoms. The number of halogens is 1. The zero-order valence-corrected chi connectivity index (χ0v) is 11.1. The molecule has 0 aromatic heterocycles. The molecule has 19 heavy (non-hydrogen) atoms. The van der Waals surface area contributed by atoms with Crippen molar-refractivity contribution >= 4 is 5.97 Å². The third kappa shape index (κ3) is 2.50. The lowest BCUT2D eigenvalue weighted by Crippen LogP contribution is -2.02. The summed E-state index contributed by atoms with van der Waals surface area (Å²) in [6, 6.07) is 8.14. The van der Waals surface area contributed by atoms with E-state index in [4.69, 9.17) is 0 Å². The van der Waals surface area contributed by atoms with Crippen LogP contribution in [-0.2, 0) is 0 Å². The van der Waals surface area contributed by atoms with Crippen molar-refractivity contribution in [3.63, 3.8) is 0 Å². The smallest absolute Gasteiger partial charge is 0.336 e. The minimum Gasteiger partial charge on any atom is -0.478 e. The van der Waals surface area contributed by atoms with Gasteiger partial charge in [0.2, 0.25) is 0 Å². The SMILES string of the molecule is Cc1ccc(-c2c(C)cc(F)cc2C)c(C(=O)O)c1. The number of benzene rings is 2. The summed E-state index contributed by atoms with van der Waals surface area (Å²) in [6.45, 7) is 5.42. The number of rotatable bonds is 2. The maximum Gasteiger partial charge on any atom is 0.336 e. The molecule has 2 rings (SSSR count). The van der Waals surface area contributed by atoms with Crippen LogP contribution in [0.25, 0.3) is 11.1 Å². The van der Waals surface area contributed by atoms with Crippen molar-refractivity contribution in [2.24, 2.45) is 0 Å². The molecule has 0 fully saturated rings. The lowest BCUT2D eigenvalue weighted by atomic mass is 9.91. The predicted molar refractivity (Wildman–Crippen MR) is 73.0 cm³/mol. The van der Waals surface area contributed by atoms with E-state index in [9.17, 15) is 14.3 Å². The Morgan fingerprint density at radius 1 is 1.05 bits per heavy atom. The molecule has 3 heteroatoms. The van der Waals surface area contributed by atoms with E-state index in [-0.39, 0.29) is 11.4 Å². The first-order valence-corrected chi connectivity index (χ1v) is 6.01. The van der Waals surface area contributed by atoms with Crippen molar-refractivity contribution in [2.45, 2.75) is 20.8 Å². The lowest BCUT2D eigenvalue weighted by molar-refractivity contribution is 0.0697. The van der Waals surface area contributed by atoms with Crippen LogP contribution in [0.1, 0.15) is 27.0 Å². The van der Waals surface area contributed by atoms with Crippen LogP contribution in [0.5, 0.6) is 0 Å². The predicted octanol–water partition coefficient (Wildman–Crippen LogP) is 4.12. The van der Waals surface area contributed by atoms with E-state index >= 15 is 0 Å². The Balaban J connectivity index is 2.76. The van der Waals surface area contributed by atoms with E-state index in [0.717, 1.165) is 22.3 Å². The van der Waals surface area contributed by atoms with Gasteiger partial charge in [0.15, 0.2) is 0 Å². The summed E-state index contributed by atoms with van der Waals surface area (Å²) >= 11 is 0. The third-order valence-corrected chi connectivity index (χ3v) is 3.17. The molecular formula is C16H15FO2. The lowest BCUT2D eigenvalue weighted by Gasteiger charge is -2.13. The quantitative estimate of drug-likeness (QED) is 0.879. The molecule has 2 aromatic carbocycles. The zero-order valence-electron chi connectivity index (χ0n) is 11.1. The molecule has 98 valence electrons. The molecule has 0 unspecified atom stereocenters. The highest BCUT2D eigenvalue weighted by atomic mass is 19.1. The van der Waals surface area contributed by atoms with Gasteiger partial charge in [-0.2, -0.15) is 0 Å². The second kappa shape index (κ2) is 4.84. The van der Waals surface area contributed by atoms with Gasteiger partial charge >= 0.3 is 5.97 Å². The second-order valence-corrected chi connectivity index (χ2v) is 4.77. The Morgan fingerprint density at radius 2 is 1.63 bits per heavy atom. The average molecular weight is 258 g/mol. The van der Waals surface area contributed by atoms with E-state index in [0.29, 0.717) is 5.56 Å². The summed E-state index contributed by atoms with van der Waals surface area (Å²) in [4.78, 5) is 11.4. The number of aryl methyl sites for hydroxylation is 3. The van der Waals surface area contributed by atoms with E-state index in [1.165, 1.54) is 12.1 Å². The fraction of sp³-hybridized carbons (Fsp3) is 0.188. The first-order chi connectivity index (χ1) is 8.90. The zero-order chi connectivity index (χ0) is 14.2. The summed E-state index contributed by atoms with van der Waals surface area (Å²) in [5.41, 5.74) is 4.04. The van der Waals surface area contributed by atoms with Crippen LogP contribution in [0.2, 0.25) is 0 Å². The van der Waals surface area contributed by atoms with Gasteiger partial charge in [0.25, 0.3) is 0 Å². The van der Waals surface area contributed by atoms with Crippen molar-refractivity contribution in [1.82, 2.24) is 0 Å². The number of carbonyl (C=O) groups is 1. The van der Waals surface area contributed by atoms with Gasteiger partial charge in [0.1, 0.15) is 5.82 Å². The average Bonchev–Trinajstić information content (AvgIpc) is 2.29. The molecule has 0 aliphatic heterocycles. The Morgan fingerprint density at radius 3 is 2.16 bits per heavy atom. The van der Waals surface area contributed by atoms with Gasteiger partial charge < -0.3 is 5.11 Å². The van der Waals surface area contributed by atoms with Crippen LogP contribution in [0, 0.1) is 26.6 Å². The van der Waals surface area contributed by atoms with Gasteiger partial charge in [-0.25, -0.2) is 9.18 Å². The number of hydrogen-bond donors (Lipinski definition) is 1. The summed E-state index contributed by atoms with van der Waals surface area (Å²) in [6.07, 6.45) is 0. The van der Waals surface area contributed by atoms with Gasteiger partial charge in [-0.15, -0.1) is 0 Å². The molecule has 0 aliphatic carbocycles. The molecule has 2 aromatic rings. The summed E-state index contributed by atoms with van der Waals surface area (Å²) in [5, 5.41) is 9.31. The Bertz CT molecular complexity index is 637. The van der Waals surface area contributed by atoms with Gasteiger partial charge in [0, 0.05) is 0 Å². The van der Waals surface area contributed by atoms with Crippen LogP contribution in [0.15, 0.2) is 30.3 Å². The molecule has 0 bridgehead atoms. The minimum atomic E-state index is -0.971. The van der Waals surface area contributed by atoms with Gasteiger partial charge in [-0.3, -0.25) is 0 Å². The number of carboxylic acids is 1. The highest BCUT2D eigenvalue weighted by molar-refractivity contribution is 5.97. The fourth-order valence-electron chi connectivity index (χ4n) is 2.39. The maximum atomic E-state index is 13.3. The third-order valence-electron chi connectivity index (χ3n) is 3.17. The molecule has 1 N–H and O–H groups in total. The van der Waals surface area contributed by atoms with Crippen molar-refractivity contribution in [1.29, 1.82) is 0 Å². The molecule has 0 atom stereocenters. The first kappa shape index (κ1) is 13.3. The molecular weight excluding hydrogens is 243 g/mol. The van der Waals surface area contributed by atoms with Crippen LogP contribution in [0.4, 0.5) is 4.39 Å². The van der Waals surface area contributed by atoms with Crippen molar-refractivity contribution in [2.75, 3.05) is 0 Å². The van der Waals surface area contributed by atoms with E-state index in [2.05, 4.69) is 0 Å². The van der Waals surface area contributed by atoms with Crippen LogP contribution in [0.3, 0.4) is 0 Å². The number of hydrogen-bond acceptors (Lipinski definition) is 1. The molecule has 0 heterocycles. The van der Waals surface area contributed by atoms with E-state index < -0.39 is 5.97 Å². The van der Waals surface area contributed by atoms with Crippen molar-refractivity contribution < 1.29 is 14.3 Å². The van der Waals surface area contributed by atoms with Gasteiger partial charge in [0.05, 0.1) is 5.56 Å². The number of carboxylic acid groups (broad SMARTS) is 1. The summed E-state index contributed by atoms with van der Waals surface area (Å²) in [7, 11) is 0. The van der Waals surface area contributed by atoms with Gasteiger partial charge in [-0.1, -0.05) is 17.7 Å².